The number of nitrogens with one attached hydrogen (secondary N) is 1. The summed E-state index contributed by atoms with van der Waals surface area (Å²) in [7, 11) is 0. The van der Waals surface area contributed by atoms with Gasteiger partial charge in [0.1, 0.15) is 0 Å². The first-order chi connectivity index (χ1) is 8.66. The largest absolute Gasteiger partial charge is 0.376 e. The molecule has 2 unspecified atom stereocenters. The van der Waals surface area contributed by atoms with Crippen LogP contribution in [0.15, 0.2) is 0 Å². The number of carbonyl (C=O) groups excluding carboxylic acids is 1. The van der Waals surface area contributed by atoms with E-state index in [0.29, 0.717) is 11.8 Å². The van der Waals surface area contributed by atoms with Gasteiger partial charge >= 0.3 is 0 Å². The summed E-state index contributed by atoms with van der Waals surface area (Å²) in [6, 6.07) is 0. The van der Waals surface area contributed by atoms with Crippen LogP contribution < -0.4 is 5.32 Å². The standard InChI is InChI=1S/C14H26N2O2/c1-11(2)5-8-18-13-4-7-16(10-13)14(17)12-3-6-15-9-12/h11-13,15H,3-10H2,1-2H3. The molecule has 0 spiro atoms. The Morgan fingerprint density at radius 3 is 2.94 bits per heavy atom. The van der Waals surface area contributed by atoms with E-state index in [-0.39, 0.29) is 12.0 Å². The Balaban J connectivity index is 1.69. The number of hydrogen-bond acceptors (Lipinski definition) is 3. The molecule has 104 valence electrons. The van der Waals surface area contributed by atoms with Crippen molar-refractivity contribution in [1.82, 2.24) is 10.2 Å². The molecule has 2 aliphatic heterocycles. The summed E-state index contributed by atoms with van der Waals surface area (Å²) in [4.78, 5) is 14.2. The number of amides is 1. The first-order valence-corrected chi connectivity index (χ1v) is 7.28. The molecule has 2 heterocycles. The van der Waals surface area contributed by atoms with Gasteiger partial charge in [0, 0.05) is 26.2 Å². The molecule has 2 rings (SSSR count). The molecule has 0 aliphatic carbocycles. The van der Waals surface area contributed by atoms with Crippen LogP contribution in [0.1, 0.15) is 33.1 Å². The molecule has 1 amide bonds. The molecule has 4 heteroatoms. The van der Waals surface area contributed by atoms with Gasteiger partial charge in [0.15, 0.2) is 0 Å². The normalized spacial score (nSPS) is 28.3. The minimum atomic E-state index is 0.208. The quantitative estimate of drug-likeness (QED) is 0.803. The van der Waals surface area contributed by atoms with Crippen molar-refractivity contribution >= 4 is 5.91 Å². The van der Waals surface area contributed by atoms with Crippen LogP contribution in [0.3, 0.4) is 0 Å². The average molecular weight is 254 g/mol. The predicted molar refractivity (Wildman–Crippen MR) is 71.4 cm³/mol. The third-order valence-corrected chi connectivity index (χ3v) is 3.91. The molecule has 2 atom stereocenters. The van der Waals surface area contributed by atoms with Gasteiger partial charge in [-0.3, -0.25) is 4.79 Å². The highest BCUT2D eigenvalue weighted by molar-refractivity contribution is 5.79. The summed E-state index contributed by atoms with van der Waals surface area (Å²) in [5.74, 6) is 1.23. The van der Waals surface area contributed by atoms with Gasteiger partial charge in [-0.25, -0.2) is 0 Å². The lowest BCUT2D eigenvalue weighted by atomic mass is 10.1. The zero-order valence-electron chi connectivity index (χ0n) is 11.7. The summed E-state index contributed by atoms with van der Waals surface area (Å²) < 4.78 is 5.85. The van der Waals surface area contributed by atoms with Crippen LogP contribution in [-0.2, 0) is 9.53 Å². The molecule has 0 aromatic rings. The topological polar surface area (TPSA) is 41.6 Å². The van der Waals surface area contributed by atoms with Crippen LogP contribution in [0, 0.1) is 11.8 Å². The van der Waals surface area contributed by atoms with Crippen LogP contribution in [0.5, 0.6) is 0 Å². The molecule has 18 heavy (non-hydrogen) atoms. The monoisotopic (exact) mass is 254 g/mol. The highest BCUT2D eigenvalue weighted by atomic mass is 16.5. The molecule has 4 nitrogen and oxygen atoms in total. The first-order valence-electron chi connectivity index (χ1n) is 7.28. The van der Waals surface area contributed by atoms with E-state index < -0.39 is 0 Å². The summed E-state index contributed by atoms with van der Waals surface area (Å²) >= 11 is 0. The lowest BCUT2D eigenvalue weighted by molar-refractivity contribution is -0.134. The van der Waals surface area contributed by atoms with E-state index in [4.69, 9.17) is 4.74 Å². The highest BCUT2D eigenvalue weighted by Gasteiger charge is 2.32. The fourth-order valence-corrected chi connectivity index (χ4v) is 2.66. The van der Waals surface area contributed by atoms with E-state index in [2.05, 4.69) is 19.2 Å². The second-order valence-electron chi connectivity index (χ2n) is 5.94. The van der Waals surface area contributed by atoms with E-state index in [9.17, 15) is 4.79 Å². The van der Waals surface area contributed by atoms with Gasteiger partial charge < -0.3 is 15.0 Å². The van der Waals surface area contributed by atoms with E-state index in [1.807, 2.05) is 4.90 Å². The van der Waals surface area contributed by atoms with E-state index >= 15 is 0 Å². The molecule has 1 N–H and O–H groups in total. The van der Waals surface area contributed by atoms with Crippen molar-refractivity contribution in [3.8, 4) is 0 Å². The molecule has 0 aromatic carbocycles. The Kier molecular flexibility index (Phi) is 5.01. The predicted octanol–water partition coefficient (Wildman–Crippen LogP) is 1.26. The first kappa shape index (κ1) is 13.8. The van der Waals surface area contributed by atoms with Gasteiger partial charge in [0.2, 0.25) is 5.91 Å². The molecule has 0 radical (unpaired) electrons. The molecule has 2 saturated heterocycles. The Labute approximate surface area is 110 Å². The minimum absolute atomic E-state index is 0.208. The lowest BCUT2D eigenvalue weighted by Gasteiger charge is -2.20. The number of nitrogens with zero attached hydrogens (tertiary/aromatic N) is 1. The minimum Gasteiger partial charge on any atom is -0.376 e. The van der Waals surface area contributed by atoms with Crippen molar-refractivity contribution in [2.45, 2.75) is 39.2 Å². The van der Waals surface area contributed by atoms with Crippen LogP contribution in [-0.4, -0.2) is 49.7 Å². The molecular weight excluding hydrogens is 228 g/mol. The fourth-order valence-electron chi connectivity index (χ4n) is 2.66. The van der Waals surface area contributed by atoms with Gasteiger partial charge in [0.25, 0.3) is 0 Å². The number of rotatable bonds is 5. The summed E-state index contributed by atoms with van der Waals surface area (Å²) in [5.41, 5.74) is 0. The zero-order valence-corrected chi connectivity index (χ0v) is 11.7. The molecule has 2 fully saturated rings. The fraction of sp³-hybridized carbons (Fsp3) is 0.929. The van der Waals surface area contributed by atoms with Crippen LogP contribution >= 0.6 is 0 Å². The van der Waals surface area contributed by atoms with E-state index in [1.54, 1.807) is 0 Å². The maximum Gasteiger partial charge on any atom is 0.227 e. The van der Waals surface area contributed by atoms with E-state index in [0.717, 1.165) is 52.0 Å². The maximum absolute atomic E-state index is 12.2. The van der Waals surface area contributed by atoms with Crippen molar-refractivity contribution in [2.75, 3.05) is 32.8 Å². The van der Waals surface area contributed by atoms with Crippen molar-refractivity contribution in [2.24, 2.45) is 11.8 Å². The molecule has 0 aromatic heterocycles. The van der Waals surface area contributed by atoms with Crippen LogP contribution in [0.2, 0.25) is 0 Å². The van der Waals surface area contributed by atoms with Gasteiger partial charge in [-0.1, -0.05) is 13.8 Å². The van der Waals surface area contributed by atoms with E-state index in [1.165, 1.54) is 0 Å². The van der Waals surface area contributed by atoms with Crippen LogP contribution in [0.4, 0.5) is 0 Å². The average Bonchev–Trinajstić information content (AvgIpc) is 2.99. The molecule has 0 saturated carbocycles. The van der Waals surface area contributed by atoms with Crippen molar-refractivity contribution in [1.29, 1.82) is 0 Å². The number of likely N-dealkylation sites (tertiary alicyclic amines) is 1. The Hall–Kier alpha value is -0.610. The molecular formula is C14H26N2O2. The van der Waals surface area contributed by atoms with Gasteiger partial charge in [0.05, 0.1) is 12.0 Å². The smallest absolute Gasteiger partial charge is 0.227 e. The summed E-state index contributed by atoms with van der Waals surface area (Å²) in [6.45, 7) is 8.76. The van der Waals surface area contributed by atoms with Gasteiger partial charge in [-0.05, 0) is 31.7 Å². The lowest BCUT2D eigenvalue weighted by Crippen LogP contribution is -2.36. The van der Waals surface area contributed by atoms with Crippen LogP contribution in [0.25, 0.3) is 0 Å². The Morgan fingerprint density at radius 2 is 2.28 bits per heavy atom. The second-order valence-corrected chi connectivity index (χ2v) is 5.94. The number of ether oxygens (including phenoxy) is 1. The Bertz CT molecular complexity index is 275. The van der Waals surface area contributed by atoms with Gasteiger partial charge in [-0.15, -0.1) is 0 Å². The number of carbonyl (C=O) groups is 1. The third-order valence-electron chi connectivity index (χ3n) is 3.91. The second kappa shape index (κ2) is 6.53. The Morgan fingerprint density at radius 1 is 1.44 bits per heavy atom. The van der Waals surface area contributed by atoms with Crippen molar-refractivity contribution in [3.63, 3.8) is 0 Å². The van der Waals surface area contributed by atoms with Crippen molar-refractivity contribution < 1.29 is 9.53 Å². The third kappa shape index (κ3) is 3.69. The van der Waals surface area contributed by atoms with Gasteiger partial charge in [-0.2, -0.15) is 0 Å². The molecule has 0 bridgehead atoms. The summed E-state index contributed by atoms with van der Waals surface area (Å²) in [6.07, 6.45) is 3.37. The SMILES string of the molecule is CC(C)CCOC1CCN(C(=O)C2CCNC2)C1. The highest BCUT2D eigenvalue weighted by Crippen LogP contribution is 2.19. The molecule has 2 aliphatic rings. The van der Waals surface area contributed by atoms with Crippen molar-refractivity contribution in [3.05, 3.63) is 0 Å². The number of hydrogen-bond donors (Lipinski definition) is 1. The maximum atomic E-state index is 12.2. The summed E-state index contributed by atoms with van der Waals surface area (Å²) in [5, 5.41) is 3.26. The zero-order chi connectivity index (χ0) is 13.0.